The zero-order valence-electron chi connectivity index (χ0n) is 12.6. The third-order valence-electron chi connectivity index (χ3n) is 3.35. The fraction of sp³-hybridized carbons (Fsp3) is 0.111. The molecule has 0 saturated carbocycles. The monoisotopic (exact) mass is 340 g/mol. The number of benzene rings is 2. The summed E-state index contributed by atoms with van der Waals surface area (Å²) in [6, 6.07) is 15.6. The number of hydrogen-bond donors (Lipinski definition) is 0. The van der Waals surface area contributed by atoms with E-state index in [1.165, 1.54) is 0 Å². The van der Waals surface area contributed by atoms with Crippen LogP contribution in [0.1, 0.15) is 16.7 Å². The van der Waals surface area contributed by atoms with Crippen molar-refractivity contribution < 1.29 is 4.74 Å². The van der Waals surface area contributed by atoms with Crippen molar-refractivity contribution in [2.45, 2.75) is 13.8 Å². The standard InChI is InChI=1S/C18H13ClN2OS/c1-11-4-3-5-13(8-11)17-14(10-20)18(23-21-17)22-16-9-12(2)6-7-15(16)19/h3-9H,1-2H3. The predicted octanol–water partition coefficient (Wildman–Crippen LogP) is 5.74. The third kappa shape index (κ3) is 3.21. The van der Waals surface area contributed by atoms with Crippen LogP contribution in [0.25, 0.3) is 11.3 Å². The van der Waals surface area contributed by atoms with E-state index in [1.807, 2.05) is 50.2 Å². The number of nitrogens with zero attached hydrogens (tertiary/aromatic N) is 2. The summed E-state index contributed by atoms with van der Waals surface area (Å²) >= 11 is 7.32. The molecule has 0 spiro atoms. The lowest BCUT2D eigenvalue weighted by atomic mass is 10.1. The van der Waals surface area contributed by atoms with Gasteiger partial charge in [-0.1, -0.05) is 41.4 Å². The summed E-state index contributed by atoms with van der Waals surface area (Å²) in [5.74, 6) is 0.530. The van der Waals surface area contributed by atoms with E-state index in [2.05, 4.69) is 10.4 Å². The number of halogens is 1. The molecule has 0 unspecified atom stereocenters. The van der Waals surface area contributed by atoms with Gasteiger partial charge in [0.15, 0.2) is 0 Å². The first-order valence-electron chi connectivity index (χ1n) is 6.99. The maximum absolute atomic E-state index is 9.52. The van der Waals surface area contributed by atoms with Crippen molar-refractivity contribution in [3.8, 4) is 28.1 Å². The predicted molar refractivity (Wildman–Crippen MR) is 93.3 cm³/mol. The Labute approximate surface area is 143 Å². The lowest BCUT2D eigenvalue weighted by molar-refractivity contribution is 0.495. The summed E-state index contributed by atoms with van der Waals surface area (Å²) in [5.41, 5.74) is 4.12. The van der Waals surface area contributed by atoms with Crippen molar-refractivity contribution in [2.24, 2.45) is 0 Å². The first-order valence-corrected chi connectivity index (χ1v) is 8.14. The Balaban J connectivity index is 2.02. The van der Waals surface area contributed by atoms with Crippen molar-refractivity contribution >= 4 is 23.1 Å². The van der Waals surface area contributed by atoms with E-state index in [-0.39, 0.29) is 0 Å². The zero-order valence-corrected chi connectivity index (χ0v) is 14.2. The topological polar surface area (TPSA) is 45.9 Å². The summed E-state index contributed by atoms with van der Waals surface area (Å²) in [6.45, 7) is 3.96. The van der Waals surface area contributed by atoms with E-state index >= 15 is 0 Å². The Morgan fingerprint density at radius 1 is 1.13 bits per heavy atom. The molecule has 1 aromatic heterocycles. The van der Waals surface area contributed by atoms with E-state index in [4.69, 9.17) is 16.3 Å². The minimum absolute atomic E-state index is 0.429. The highest BCUT2D eigenvalue weighted by Gasteiger charge is 2.18. The van der Waals surface area contributed by atoms with Gasteiger partial charge in [0.05, 0.1) is 5.02 Å². The van der Waals surface area contributed by atoms with Gasteiger partial charge >= 0.3 is 0 Å². The highest BCUT2D eigenvalue weighted by molar-refractivity contribution is 7.08. The van der Waals surface area contributed by atoms with Crippen molar-refractivity contribution in [1.82, 2.24) is 4.37 Å². The molecule has 0 aliphatic heterocycles. The fourth-order valence-electron chi connectivity index (χ4n) is 2.22. The summed E-state index contributed by atoms with van der Waals surface area (Å²) in [7, 11) is 0. The molecule has 0 radical (unpaired) electrons. The van der Waals surface area contributed by atoms with Gasteiger partial charge in [-0.3, -0.25) is 0 Å². The maximum Gasteiger partial charge on any atom is 0.218 e. The highest BCUT2D eigenvalue weighted by atomic mass is 35.5. The van der Waals surface area contributed by atoms with E-state index in [9.17, 15) is 5.26 Å². The SMILES string of the molecule is Cc1cccc(-c2nsc(Oc3cc(C)ccc3Cl)c2C#N)c1. The minimum atomic E-state index is 0.429. The number of aromatic nitrogens is 1. The molecule has 5 heteroatoms. The largest absolute Gasteiger partial charge is 0.442 e. The molecule has 0 amide bonds. The van der Waals surface area contributed by atoms with Crippen molar-refractivity contribution in [3.63, 3.8) is 0 Å². The minimum Gasteiger partial charge on any atom is -0.442 e. The first kappa shape index (κ1) is 15.5. The van der Waals surface area contributed by atoms with Crippen LogP contribution in [-0.2, 0) is 0 Å². The summed E-state index contributed by atoms with van der Waals surface area (Å²) in [5, 5.41) is 10.5. The Bertz CT molecular complexity index is 912. The Kier molecular flexibility index (Phi) is 4.33. The molecule has 0 saturated heterocycles. The Morgan fingerprint density at radius 2 is 1.91 bits per heavy atom. The molecular formula is C18H13ClN2OS. The molecule has 3 rings (SSSR count). The van der Waals surface area contributed by atoms with E-state index in [0.29, 0.717) is 27.1 Å². The molecule has 3 aromatic rings. The summed E-state index contributed by atoms with van der Waals surface area (Å²) in [6.07, 6.45) is 0. The molecule has 0 N–H and O–H groups in total. The summed E-state index contributed by atoms with van der Waals surface area (Å²) < 4.78 is 10.2. The normalized spacial score (nSPS) is 10.3. The molecule has 0 bridgehead atoms. The van der Waals surface area contributed by atoms with Gasteiger partial charge in [-0.05, 0) is 37.6 Å². The van der Waals surface area contributed by atoms with Crippen LogP contribution in [0, 0.1) is 25.2 Å². The summed E-state index contributed by atoms with van der Waals surface area (Å²) in [4.78, 5) is 0. The smallest absolute Gasteiger partial charge is 0.218 e. The van der Waals surface area contributed by atoms with E-state index < -0.39 is 0 Å². The number of aryl methyl sites for hydroxylation is 2. The fourth-order valence-corrected chi connectivity index (χ4v) is 3.11. The van der Waals surface area contributed by atoms with Crippen LogP contribution in [0.2, 0.25) is 5.02 Å². The van der Waals surface area contributed by atoms with Crippen molar-refractivity contribution in [3.05, 3.63) is 64.2 Å². The molecule has 2 aromatic carbocycles. The maximum atomic E-state index is 9.52. The number of nitriles is 1. The second-order valence-corrected chi connectivity index (χ2v) is 6.35. The zero-order chi connectivity index (χ0) is 16.4. The van der Waals surface area contributed by atoms with Gasteiger partial charge in [-0.25, -0.2) is 0 Å². The van der Waals surface area contributed by atoms with Crippen LogP contribution in [0.5, 0.6) is 10.8 Å². The van der Waals surface area contributed by atoms with Crippen LogP contribution >= 0.6 is 23.1 Å². The molecular weight excluding hydrogens is 328 g/mol. The highest BCUT2D eigenvalue weighted by Crippen LogP contribution is 2.38. The van der Waals surface area contributed by atoms with Gasteiger partial charge < -0.3 is 4.74 Å². The molecule has 114 valence electrons. The molecule has 3 nitrogen and oxygen atoms in total. The van der Waals surface area contributed by atoms with E-state index in [0.717, 1.165) is 28.2 Å². The van der Waals surface area contributed by atoms with Crippen molar-refractivity contribution in [1.29, 1.82) is 5.26 Å². The quantitative estimate of drug-likeness (QED) is 0.610. The molecule has 0 fully saturated rings. The van der Waals surface area contributed by atoms with Gasteiger partial charge in [0.2, 0.25) is 5.06 Å². The molecule has 0 aliphatic carbocycles. The van der Waals surface area contributed by atoms with Crippen molar-refractivity contribution in [2.75, 3.05) is 0 Å². The third-order valence-corrected chi connectivity index (χ3v) is 4.39. The number of hydrogen-bond acceptors (Lipinski definition) is 4. The van der Waals surface area contributed by atoms with Crippen LogP contribution < -0.4 is 4.74 Å². The van der Waals surface area contributed by atoms with Gasteiger partial charge in [0.1, 0.15) is 23.1 Å². The average Bonchev–Trinajstić information content (AvgIpc) is 2.93. The van der Waals surface area contributed by atoms with Gasteiger partial charge in [0, 0.05) is 17.1 Å². The second kappa shape index (κ2) is 6.41. The van der Waals surface area contributed by atoms with Crippen LogP contribution in [0.4, 0.5) is 0 Å². The van der Waals surface area contributed by atoms with Crippen LogP contribution in [0.3, 0.4) is 0 Å². The van der Waals surface area contributed by atoms with Gasteiger partial charge in [-0.2, -0.15) is 9.64 Å². The average molecular weight is 341 g/mol. The molecule has 0 atom stereocenters. The van der Waals surface area contributed by atoms with Crippen LogP contribution in [0.15, 0.2) is 42.5 Å². The van der Waals surface area contributed by atoms with Gasteiger partial charge in [0.25, 0.3) is 0 Å². The lowest BCUT2D eigenvalue weighted by Crippen LogP contribution is -1.88. The number of rotatable bonds is 3. The van der Waals surface area contributed by atoms with E-state index in [1.54, 1.807) is 6.07 Å². The second-order valence-electron chi connectivity index (χ2n) is 5.21. The lowest BCUT2D eigenvalue weighted by Gasteiger charge is -2.06. The molecule has 0 aliphatic rings. The molecule has 23 heavy (non-hydrogen) atoms. The number of ether oxygens (including phenoxy) is 1. The van der Waals surface area contributed by atoms with Gasteiger partial charge in [-0.15, -0.1) is 0 Å². The van der Waals surface area contributed by atoms with Crippen LogP contribution in [-0.4, -0.2) is 4.37 Å². The first-order chi connectivity index (χ1) is 11.1. The Hall–Kier alpha value is -2.35. The Morgan fingerprint density at radius 3 is 2.65 bits per heavy atom. The molecule has 1 heterocycles.